The number of carbonyl (C=O) groups excluding carboxylic acids is 3. The lowest BCUT2D eigenvalue weighted by Crippen LogP contribution is -2.43. The predicted molar refractivity (Wildman–Crippen MR) is 94.9 cm³/mol. The van der Waals surface area contributed by atoms with E-state index in [0.717, 1.165) is 5.56 Å². The van der Waals surface area contributed by atoms with Gasteiger partial charge in [-0.2, -0.15) is 0 Å². The number of rotatable bonds is 4. The van der Waals surface area contributed by atoms with Crippen LogP contribution in [0.25, 0.3) is 0 Å². The molecule has 2 aromatic carbocycles. The van der Waals surface area contributed by atoms with E-state index in [2.05, 4.69) is 4.74 Å². The molecule has 0 aliphatic carbocycles. The second-order valence-corrected chi connectivity index (χ2v) is 6.01. The lowest BCUT2D eigenvalue weighted by Gasteiger charge is -2.32. The van der Waals surface area contributed by atoms with E-state index in [1.54, 1.807) is 24.3 Å². The number of methoxy groups -OCH3 is 1. The number of para-hydroxylation sites is 1. The lowest BCUT2D eigenvalue weighted by atomic mass is 9.89. The molecule has 0 aromatic heterocycles. The highest BCUT2D eigenvalue weighted by Gasteiger charge is 2.36. The van der Waals surface area contributed by atoms with Crippen LogP contribution in [0, 0.1) is 5.92 Å². The largest absolute Gasteiger partial charge is 0.469 e. The van der Waals surface area contributed by atoms with Crippen molar-refractivity contribution in [3.63, 3.8) is 0 Å². The fourth-order valence-electron chi connectivity index (χ4n) is 2.95. The molecule has 1 aliphatic rings. The van der Waals surface area contributed by atoms with Gasteiger partial charge >= 0.3 is 12.1 Å². The fourth-order valence-corrected chi connectivity index (χ4v) is 2.95. The summed E-state index contributed by atoms with van der Waals surface area (Å²) < 4.78 is 10.1. The van der Waals surface area contributed by atoms with E-state index in [4.69, 9.17) is 4.74 Å². The minimum absolute atomic E-state index is 0.0772. The first-order valence-electron chi connectivity index (χ1n) is 8.28. The molecule has 0 fully saturated rings. The molecular weight excluding hydrogens is 334 g/mol. The highest BCUT2D eigenvalue weighted by Crippen LogP contribution is 2.31. The second-order valence-electron chi connectivity index (χ2n) is 6.01. The molecule has 1 unspecified atom stereocenters. The quantitative estimate of drug-likeness (QED) is 0.789. The summed E-state index contributed by atoms with van der Waals surface area (Å²) in [4.78, 5) is 38.3. The Bertz CT molecular complexity index is 818. The number of fused-ring (bicyclic) bond motifs is 1. The van der Waals surface area contributed by atoms with Gasteiger partial charge in [0.05, 0.1) is 25.1 Å². The number of hydrogen-bond donors (Lipinski definition) is 0. The van der Waals surface area contributed by atoms with Gasteiger partial charge in [-0.1, -0.05) is 42.5 Å². The van der Waals surface area contributed by atoms with Crippen LogP contribution in [0.5, 0.6) is 0 Å². The van der Waals surface area contributed by atoms with Gasteiger partial charge in [-0.05, 0) is 17.7 Å². The van der Waals surface area contributed by atoms with Crippen LogP contribution in [0.15, 0.2) is 54.6 Å². The maximum Gasteiger partial charge on any atom is 0.414 e. The van der Waals surface area contributed by atoms with Gasteiger partial charge in [-0.15, -0.1) is 0 Å². The Hall–Kier alpha value is -3.15. The lowest BCUT2D eigenvalue weighted by molar-refractivity contribution is -0.141. The molecule has 0 saturated heterocycles. The maximum atomic E-state index is 12.6. The summed E-state index contributed by atoms with van der Waals surface area (Å²) in [6, 6.07) is 16.2. The zero-order chi connectivity index (χ0) is 18.5. The van der Waals surface area contributed by atoms with E-state index in [0.29, 0.717) is 11.3 Å². The van der Waals surface area contributed by atoms with Crippen molar-refractivity contribution in [3.05, 3.63) is 65.7 Å². The monoisotopic (exact) mass is 353 g/mol. The molecule has 0 N–H and O–H groups in total. The Morgan fingerprint density at radius 3 is 2.50 bits per heavy atom. The number of nitrogens with zero attached hydrogens (tertiary/aromatic N) is 1. The summed E-state index contributed by atoms with van der Waals surface area (Å²) >= 11 is 0. The van der Waals surface area contributed by atoms with Crippen LogP contribution in [0.3, 0.4) is 0 Å². The van der Waals surface area contributed by atoms with Crippen molar-refractivity contribution in [2.24, 2.45) is 5.92 Å². The molecule has 0 spiro atoms. The van der Waals surface area contributed by atoms with Gasteiger partial charge in [-0.3, -0.25) is 14.5 Å². The summed E-state index contributed by atoms with van der Waals surface area (Å²) in [6.45, 7) is 0.215. The van der Waals surface area contributed by atoms with Gasteiger partial charge in [0.15, 0.2) is 5.78 Å². The van der Waals surface area contributed by atoms with E-state index < -0.39 is 18.0 Å². The summed E-state index contributed by atoms with van der Waals surface area (Å²) in [7, 11) is 1.27. The third-order valence-electron chi connectivity index (χ3n) is 4.30. The first-order chi connectivity index (χ1) is 12.6. The van der Waals surface area contributed by atoms with Crippen molar-refractivity contribution in [2.45, 2.75) is 13.0 Å². The summed E-state index contributed by atoms with van der Waals surface area (Å²) in [5.41, 5.74) is 1.77. The predicted octanol–water partition coefficient (Wildman–Crippen LogP) is 3.21. The van der Waals surface area contributed by atoms with Gasteiger partial charge in [0.1, 0.15) is 6.61 Å². The second kappa shape index (κ2) is 7.82. The van der Waals surface area contributed by atoms with Gasteiger partial charge in [0.25, 0.3) is 0 Å². The van der Waals surface area contributed by atoms with Crippen LogP contribution in [0.1, 0.15) is 22.3 Å². The molecule has 0 bridgehead atoms. The van der Waals surface area contributed by atoms with E-state index in [1.165, 1.54) is 12.0 Å². The molecule has 26 heavy (non-hydrogen) atoms. The molecule has 2 aromatic rings. The molecule has 0 radical (unpaired) electrons. The molecule has 1 heterocycles. The average molecular weight is 353 g/mol. The van der Waals surface area contributed by atoms with Crippen molar-refractivity contribution in [3.8, 4) is 0 Å². The minimum atomic E-state index is -0.651. The Morgan fingerprint density at radius 2 is 1.77 bits per heavy atom. The Morgan fingerprint density at radius 1 is 1.08 bits per heavy atom. The molecule has 1 amide bonds. The molecule has 134 valence electrons. The van der Waals surface area contributed by atoms with E-state index in [-0.39, 0.29) is 25.4 Å². The number of amides is 1. The number of ether oxygens (including phenoxy) is 2. The van der Waals surface area contributed by atoms with Crippen LogP contribution in [-0.2, 0) is 20.9 Å². The van der Waals surface area contributed by atoms with Gasteiger partial charge < -0.3 is 9.47 Å². The van der Waals surface area contributed by atoms with Crippen molar-refractivity contribution in [1.29, 1.82) is 0 Å². The van der Waals surface area contributed by atoms with Crippen molar-refractivity contribution in [1.82, 2.24) is 0 Å². The van der Waals surface area contributed by atoms with Gasteiger partial charge in [-0.25, -0.2) is 4.79 Å². The number of ketones is 1. The summed E-state index contributed by atoms with van der Waals surface area (Å²) in [5, 5.41) is 0. The van der Waals surface area contributed by atoms with Crippen molar-refractivity contribution in [2.75, 3.05) is 18.6 Å². The first kappa shape index (κ1) is 17.7. The number of esters is 1. The zero-order valence-electron chi connectivity index (χ0n) is 14.4. The summed E-state index contributed by atoms with van der Waals surface area (Å²) in [6.07, 6.45) is -0.629. The third-order valence-corrected chi connectivity index (χ3v) is 4.30. The SMILES string of the molecule is COC(=O)CC1CN(C(=O)OCc2ccccc2)c2ccccc2C1=O. The minimum Gasteiger partial charge on any atom is -0.469 e. The molecule has 6 nitrogen and oxygen atoms in total. The third kappa shape index (κ3) is 3.74. The molecular formula is C20H19NO5. The number of Topliss-reactive ketones (excluding diaryl/α,β-unsaturated/α-hetero) is 1. The number of carbonyl (C=O) groups is 3. The average Bonchev–Trinajstić information content (AvgIpc) is 2.69. The number of hydrogen-bond acceptors (Lipinski definition) is 5. The number of anilines is 1. The molecule has 6 heteroatoms. The smallest absolute Gasteiger partial charge is 0.414 e. The highest BCUT2D eigenvalue weighted by atomic mass is 16.6. The van der Waals surface area contributed by atoms with Crippen molar-refractivity contribution < 1.29 is 23.9 Å². The Kier molecular flexibility index (Phi) is 5.31. The molecule has 3 rings (SSSR count). The normalized spacial score (nSPS) is 16.0. The maximum absolute atomic E-state index is 12.6. The van der Waals surface area contributed by atoms with Gasteiger partial charge in [0, 0.05) is 12.1 Å². The highest BCUT2D eigenvalue weighted by molar-refractivity contribution is 6.09. The first-order valence-corrected chi connectivity index (χ1v) is 8.28. The van der Waals surface area contributed by atoms with Crippen LogP contribution in [0.2, 0.25) is 0 Å². The molecule has 1 atom stereocenters. The van der Waals surface area contributed by atoms with Crippen LogP contribution in [-0.4, -0.2) is 31.5 Å². The van der Waals surface area contributed by atoms with E-state index in [9.17, 15) is 14.4 Å². The molecule has 1 aliphatic heterocycles. The zero-order valence-corrected chi connectivity index (χ0v) is 14.4. The van der Waals surface area contributed by atoms with E-state index >= 15 is 0 Å². The van der Waals surface area contributed by atoms with Crippen LogP contribution >= 0.6 is 0 Å². The topological polar surface area (TPSA) is 72.9 Å². The summed E-state index contributed by atoms with van der Waals surface area (Å²) in [5.74, 6) is -1.31. The number of benzene rings is 2. The Balaban J connectivity index is 1.80. The molecule has 0 saturated carbocycles. The van der Waals surface area contributed by atoms with Crippen LogP contribution < -0.4 is 4.90 Å². The Labute approximate surface area is 151 Å². The van der Waals surface area contributed by atoms with Gasteiger partial charge in [0.2, 0.25) is 0 Å². The van der Waals surface area contributed by atoms with E-state index in [1.807, 2.05) is 30.3 Å². The van der Waals surface area contributed by atoms with Crippen molar-refractivity contribution >= 4 is 23.5 Å². The standard InChI is InChI=1S/C20H19NO5/c1-25-18(22)11-15-12-21(17-10-6-5-9-16(17)19(15)23)20(24)26-13-14-7-3-2-4-8-14/h2-10,15H,11-13H2,1H3. The fraction of sp³-hybridized carbons (Fsp3) is 0.250. The van der Waals surface area contributed by atoms with Crippen LogP contribution in [0.4, 0.5) is 10.5 Å².